The van der Waals surface area contributed by atoms with Gasteiger partial charge in [0, 0.05) is 22.9 Å². The molecule has 0 spiro atoms. The number of anilines is 2. The SMILES string of the molecule is O=C(O)[C@@H]1CN(C(=O)C(c2ccccc2)c2ccccc2)CCN1C(=O)N1c2ccccc2Sc2ccccc21. The average Bonchev–Trinajstić information content (AvgIpc) is 3.00. The van der Waals surface area contributed by atoms with E-state index in [-0.39, 0.29) is 25.5 Å². The Balaban J connectivity index is 1.30. The van der Waals surface area contributed by atoms with Crippen LogP contribution in [0, 0.1) is 0 Å². The molecule has 1 atom stereocenters. The lowest BCUT2D eigenvalue weighted by molar-refractivity contribution is -0.146. The van der Waals surface area contributed by atoms with Crippen molar-refractivity contribution in [3.05, 3.63) is 120 Å². The molecule has 0 saturated carbocycles. The Kier molecular flexibility index (Phi) is 7.00. The molecule has 0 radical (unpaired) electrons. The normalized spacial score (nSPS) is 16.3. The van der Waals surface area contributed by atoms with E-state index in [0.29, 0.717) is 11.4 Å². The van der Waals surface area contributed by atoms with Gasteiger partial charge in [-0.1, -0.05) is 96.7 Å². The first-order valence-corrected chi connectivity index (χ1v) is 13.9. The molecule has 200 valence electrons. The molecule has 40 heavy (non-hydrogen) atoms. The third-order valence-corrected chi connectivity index (χ3v) is 8.49. The minimum absolute atomic E-state index is 0.0953. The van der Waals surface area contributed by atoms with E-state index in [1.165, 1.54) is 4.90 Å². The summed E-state index contributed by atoms with van der Waals surface area (Å²) < 4.78 is 0. The molecular weight excluding hydrogens is 522 g/mol. The number of nitrogens with zero attached hydrogens (tertiary/aromatic N) is 3. The Morgan fingerprint density at radius 1 is 0.700 bits per heavy atom. The minimum atomic E-state index is -1.19. The van der Waals surface area contributed by atoms with Crippen LogP contribution in [0.4, 0.5) is 16.2 Å². The molecule has 1 fully saturated rings. The number of carbonyl (C=O) groups is 3. The second kappa shape index (κ2) is 10.9. The molecule has 3 amide bonds. The number of benzene rings is 4. The molecule has 0 bridgehead atoms. The van der Waals surface area contributed by atoms with E-state index in [9.17, 15) is 19.5 Å². The van der Waals surface area contributed by atoms with E-state index in [1.54, 1.807) is 21.6 Å². The first kappa shape index (κ1) is 25.7. The molecule has 2 heterocycles. The lowest BCUT2D eigenvalue weighted by Crippen LogP contribution is -2.62. The second-order valence-electron chi connectivity index (χ2n) is 9.74. The van der Waals surface area contributed by atoms with E-state index < -0.39 is 24.0 Å². The van der Waals surface area contributed by atoms with Crippen molar-refractivity contribution in [3.63, 3.8) is 0 Å². The first-order valence-electron chi connectivity index (χ1n) is 13.1. The lowest BCUT2D eigenvalue weighted by atomic mass is 9.89. The number of hydrogen-bond acceptors (Lipinski definition) is 4. The molecular formula is C32H27N3O4S. The smallest absolute Gasteiger partial charge is 0.330 e. The van der Waals surface area contributed by atoms with Gasteiger partial charge in [0.1, 0.15) is 6.04 Å². The highest BCUT2D eigenvalue weighted by Gasteiger charge is 2.42. The number of carbonyl (C=O) groups excluding carboxylic acids is 2. The Labute approximate surface area is 236 Å². The quantitative estimate of drug-likeness (QED) is 0.346. The van der Waals surface area contributed by atoms with Crippen LogP contribution in [0.25, 0.3) is 0 Å². The van der Waals surface area contributed by atoms with Gasteiger partial charge in [-0.3, -0.25) is 9.69 Å². The molecule has 4 aromatic carbocycles. The van der Waals surface area contributed by atoms with Crippen molar-refractivity contribution in [2.75, 3.05) is 24.5 Å². The fraction of sp³-hybridized carbons (Fsp3) is 0.156. The van der Waals surface area contributed by atoms with Gasteiger partial charge in [-0.25, -0.2) is 9.59 Å². The maximum atomic E-state index is 14.1. The number of amides is 3. The van der Waals surface area contributed by atoms with Gasteiger partial charge in [-0.2, -0.15) is 0 Å². The van der Waals surface area contributed by atoms with Crippen molar-refractivity contribution in [3.8, 4) is 0 Å². The number of fused-ring (bicyclic) bond motifs is 2. The van der Waals surface area contributed by atoms with Gasteiger partial charge >= 0.3 is 12.0 Å². The maximum absolute atomic E-state index is 14.1. The molecule has 1 saturated heterocycles. The zero-order valence-corrected chi connectivity index (χ0v) is 22.4. The molecule has 8 heteroatoms. The fourth-order valence-corrected chi connectivity index (χ4v) is 6.47. The highest BCUT2D eigenvalue weighted by molar-refractivity contribution is 7.99. The largest absolute Gasteiger partial charge is 0.480 e. The molecule has 2 aliphatic rings. The van der Waals surface area contributed by atoms with Crippen LogP contribution in [0.2, 0.25) is 0 Å². The molecule has 7 nitrogen and oxygen atoms in total. The molecule has 1 N–H and O–H groups in total. The Morgan fingerprint density at radius 3 is 1.73 bits per heavy atom. The Bertz CT molecular complexity index is 1480. The zero-order chi connectivity index (χ0) is 27.6. The van der Waals surface area contributed by atoms with Crippen LogP contribution in [0.1, 0.15) is 17.0 Å². The van der Waals surface area contributed by atoms with Crippen LogP contribution in [-0.2, 0) is 9.59 Å². The minimum Gasteiger partial charge on any atom is -0.480 e. The van der Waals surface area contributed by atoms with Crippen molar-refractivity contribution in [2.45, 2.75) is 21.8 Å². The topological polar surface area (TPSA) is 81.2 Å². The number of carboxylic acid groups (broad SMARTS) is 1. The van der Waals surface area contributed by atoms with Gasteiger partial charge < -0.3 is 14.9 Å². The van der Waals surface area contributed by atoms with Gasteiger partial charge in [0.15, 0.2) is 0 Å². The van der Waals surface area contributed by atoms with Crippen LogP contribution in [0.5, 0.6) is 0 Å². The highest BCUT2D eigenvalue weighted by atomic mass is 32.2. The number of para-hydroxylation sites is 2. The summed E-state index contributed by atoms with van der Waals surface area (Å²) in [4.78, 5) is 47.1. The molecule has 2 aliphatic heterocycles. The number of aliphatic carboxylic acids is 1. The zero-order valence-electron chi connectivity index (χ0n) is 21.6. The summed E-state index contributed by atoms with van der Waals surface area (Å²) in [6.07, 6.45) is 0. The summed E-state index contributed by atoms with van der Waals surface area (Å²) in [5.41, 5.74) is 3.10. The van der Waals surface area contributed by atoms with Crippen LogP contribution < -0.4 is 4.90 Å². The number of urea groups is 1. The standard InChI is InChI=1S/C32H27N3O4S/c36-30(29(22-11-3-1-4-12-22)23-13-5-2-6-14-23)33-19-20-34(26(21-33)31(37)38)32(39)35-24-15-7-9-17-27(24)40-28-18-10-8-16-25(28)35/h1-18,26,29H,19-21H2,(H,37,38)/t26-/m0/s1. The van der Waals surface area contributed by atoms with Crippen LogP contribution in [0.3, 0.4) is 0 Å². The molecule has 0 aromatic heterocycles. The molecule has 0 aliphatic carbocycles. The van der Waals surface area contributed by atoms with E-state index in [2.05, 4.69) is 0 Å². The molecule has 4 aromatic rings. The highest BCUT2D eigenvalue weighted by Crippen LogP contribution is 2.48. The Morgan fingerprint density at radius 2 is 1.20 bits per heavy atom. The number of hydrogen-bond donors (Lipinski definition) is 1. The second-order valence-corrected chi connectivity index (χ2v) is 10.8. The van der Waals surface area contributed by atoms with E-state index in [4.69, 9.17) is 0 Å². The van der Waals surface area contributed by atoms with E-state index in [1.807, 2.05) is 109 Å². The Hall–Kier alpha value is -4.56. The lowest BCUT2D eigenvalue weighted by Gasteiger charge is -2.43. The summed E-state index contributed by atoms with van der Waals surface area (Å²) >= 11 is 1.58. The predicted octanol–water partition coefficient (Wildman–Crippen LogP) is 5.84. The summed E-state index contributed by atoms with van der Waals surface area (Å²) in [6, 6.07) is 32.6. The van der Waals surface area contributed by atoms with Crippen molar-refractivity contribution < 1.29 is 19.5 Å². The van der Waals surface area contributed by atoms with Crippen molar-refractivity contribution in [1.82, 2.24) is 9.80 Å². The first-order chi connectivity index (χ1) is 19.5. The maximum Gasteiger partial charge on any atom is 0.330 e. The van der Waals surface area contributed by atoms with Crippen molar-refractivity contribution >= 4 is 41.0 Å². The molecule has 0 unspecified atom stereocenters. The summed E-state index contributed by atoms with van der Waals surface area (Å²) in [5, 5.41) is 10.3. The monoisotopic (exact) mass is 549 g/mol. The van der Waals surface area contributed by atoms with Crippen LogP contribution in [0.15, 0.2) is 119 Å². The molecule has 6 rings (SSSR count). The fourth-order valence-electron chi connectivity index (χ4n) is 5.41. The summed E-state index contributed by atoms with van der Waals surface area (Å²) in [5.74, 6) is -1.90. The van der Waals surface area contributed by atoms with Crippen LogP contribution in [-0.4, -0.2) is 58.5 Å². The number of piperazine rings is 1. The third-order valence-electron chi connectivity index (χ3n) is 7.36. The predicted molar refractivity (Wildman–Crippen MR) is 154 cm³/mol. The average molecular weight is 550 g/mol. The summed E-state index contributed by atoms with van der Waals surface area (Å²) in [6.45, 7) is 0.240. The number of rotatable bonds is 4. The van der Waals surface area contributed by atoms with Crippen molar-refractivity contribution in [2.24, 2.45) is 0 Å². The van der Waals surface area contributed by atoms with Gasteiger partial charge in [0.2, 0.25) is 5.91 Å². The third kappa shape index (κ3) is 4.71. The van der Waals surface area contributed by atoms with E-state index in [0.717, 1.165) is 20.9 Å². The van der Waals surface area contributed by atoms with Crippen LogP contribution >= 0.6 is 11.8 Å². The van der Waals surface area contributed by atoms with Gasteiger partial charge in [-0.05, 0) is 35.4 Å². The van der Waals surface area contributed by atoms with Gasteiger partial charge in [0.05, 0.1) is 23.8 Å². The summed E-state index contributed by atoms with van der Waals surface area (Å²) in [7, 11) is 0. The number of carboxylic acids is 1. The van der Waals surface area contributed by atoms with Gasteiger partial charge in [-0.15, -0.1) is 0 Å². The van der Waals surface area contributed by atoms with Gasteiger partial charge in [0.25, 0.3) is 0 Å². The van der Waals surface area contributed by atoms with Crippen molar-refractivity contribution in [1.29, 1.82) is 0 Å². The van der Waals surface area contributed by atoms with E-state index >= 15 is 0 Å².